The fourth-order valence-electron chi connectivity index (χ4n) is 2.92. The van der Waals surface area contributed by atoms with Crippen molar-refractivity contribution in [2.45, 2.75) is 39.0 Å². The average Bonchev–Trinajstić information content (AvgIpc) is 3.43. The van der Waals surface area contributed by atoms with Crippen LogP contribution >= 0.6 is 0 Å². The van der Waals surface area contributed by atoms with Crippen molar-refractivity contribution in [1.29, 1.82) is 0 Å². The van der Waals surface area contributed by atoms with Crippen LogP contribution < -0.4 is 9.47 Å². The highest BCUT2D eigenvalue weighted by Gasteiger charge is 2.33. The van der Waals surface area contributed by atoms with Crippen LogP contribution in [0.25, 0.3) is 0 Å². The molecule has 26 heavy (non-hydrogen) atoms. The van der Waals surface area contributed by atoms with Crippen molar-refractivity contribution < 1.29 is 23.0 Å². The largest absolute Gasteiger partial charge is 0.493 e. The molecule has 0 saturated heterocycles. The molecule has 0 radical (unpaired) electrons. The summed E-state index contributed by atoms with van der Waals surface area (Å²) in [5, 5.41) is 0. The molecule has 1 aliphatic rings. The van der Waals surface area contributed by atoms with Gasteiger partial charge in [-0.1, -0.05) is 29.8 Å². The van der Waals surface area contributed by atoms with Gasteiger partial charge in [-0.15, -0.1) is 0 Å². The standard InChI is InChI=1S/C20H21F2NO3/c1-13-4-3-5-14(10-13)12-23(16-7-8-16)19(24)15-6-9-17(25-2)18(11-15)26-20(21)22/h3-6,9-11,16,20H,7-8,12H2,1-2H3. The number of hydrogen-bond donors (Lipinski definition) is 0. The second-order valence-electron chi connectivity index (χ2n) is 6.40. The van der Waals surface area contributed by atoms with Crippen LogP contribution in [-0.4, -0.2) is 30.6 Å². The minimum Gasteiger partial charge on any atom is -0.493 e. The lowest BCUT2D eigenvalue weighted by atomic mass is 10.1. The van der Waals surface area contributed by atoms with Gasteiger partial charge < -0.3 is 14.4 Å². The Morgan fingerprint density at radius 2 is 1.96 bits per heavy atom. The molecular formula is C20H21F2NO3. The fourth-order valence-corrected chi connectivity index (χ4v) is 2.92. The Morgan fingerprint density at radius 1 is 1.19 bits per heavy atom. The van der Waals surface area contributed by atoms with E-state index in [0.29, 0.717) is 12.1 Å². The first-order valence-electron chi connectivity index (χ1n) is 8.47. The van der Waals surface area contributed by atoms with Crippen molar-refractivity contribution in [3.8, 4) is 11.5 Å². The third-order valence-corrected chi connectivity index (χ3v) is 4.31. The number of benzene rings is 2. The highest BCUT2D eigenvalue weighted by Crippen LogP contribution is 2.33. The minimum absolute atomic E-state index is 0.139. The molecule has 0 N–H and O–H groups in total. The number of carbonyl (C=O) groups is 1. The summed E-state index contributed by atoms with van der Waals surface area (Å²) in [7, 11) is 1.36. The number of alkyl halides is 2. The van der Waals surface area contributed by atoms with Crippen molar-refractivity contribution in [2.75, 3.05) is 7.11 Å². The van der Waals surface area contributed by atoms with Gasteiger partial charge in [-0.2, -0.15) is 8.78 Å². The summed E-state index contributed by atoms with van der Waals surface area (Å²) >= 11 is 0. The first-order chi connectivity index (χ1) is 12.5. The summed E-state index contributed by atoms with van der Waals surface area (Å²) in [5.74, 6) is -0.172. The van der Waals surface area contributed by atoms with Gasteiger partial charge in [0.2, 0.25) is 0 Å². The topological polar surface area (TPSA) is 38.8 Å². The van der Waals surface area contributed by atoms with Crippen LogP contribution in [0.4, 0.5) is 8.78 Å². The lowest BCUT2D eigenvalue weighted by Crippen LogP contribution is -2.32. The molecule has 4 nitrogen and oxygen atoms in total. The molecule has 0 atom stereocenters. The van der Waals surface area contributed by atoms with Crippen LogP contribution in [0.15, 0.2) is 42.5 Å². The zero-order chi connectivity index (χ0) is 18.7. The Labute approximate surface area is 151 Å². The van der Waals surface area contributed by atoms with Gasteiger partial charge in [0.1, 0.15) is 0 Å². The molecule has 0 heterocycles. The Kier molecular flexibility index (Phi) is 5.40. The first kappa shape index (κ1) is 18.2. The average molecular weight is 361 g/mol. The van der Waals surface area contributed by atoms with E-state index in [0.717, 1.165) is 24.0 Å². The molecular weight excluding hydrogens is 340 g/mol. The van der Waals surface area contributed by atoms with Crippen molar-refractivity contribution in [2.24, 2.45) is 0 Å². The number of hydrogen-bond acceptors (Lipinski definition) is 3. The van der Waals surface area contributed by atoms with E-state index in [9.17, 15) is 13.6 Å². The molecule has 3 rings (SSSR count). The molecule has 1 aliphatic carbocycles. The molecule has 0 unspecified atom stereocenters. The molecule has 1 fully saturated rings. The zero-order valence-corrected chi connectivity index (χ0v) is 14.7. The molecule has 0 spiro atoms. The second-order valence-corrected chi connectivity index (χ2v) is 6.40. The quantitative estimate of drug-likeness (QED) is 0.733. The van der Waals surface area contributed by atoms with Gasteiger partial charge in [0.05, 0.1) is 7.11 Å². The van der Waals surface area contributed by atoms with Gasteiger partial charge in [0.15, 0.2) is 11.5 Å². The van der Waals surface area contributed by atoms with Crippen LogP contribution in [0.5, 0.6) is 11.5 Å². The van der Waals surface area contributed by atoms with Gasteiger partial charge in [-0.25, -0.2) is 0 Å². The van der Waals surface area contributed by atoms with E-state index in [1.165, 1.54) is 19.2 Å². The number of methoxy groups -OCH3 is 1. The lowest BCUT2D eigenvalue weighted by Gasteiger charge is -2.23. The van der Waals surface area contributed by atoms with Crippen LogP contribution in [0.2, 0.25) is 0 Å². The SMILES string of the molecule is COc1ccc(C(=O)N(Cc2cccc(C)c2)C2CC2)cc1OC(F)F. The predicted molar refractivity (Wildman–Crippen MR) is 93.7 cm³/mol. The molecule has 2 aromatic carbocycles. The van der Waals surface area contributed by atoms with E-state index in [-0.39, 0.29) is 23.4 Å². The van der Waals surface area contributed by atoms with E-state index in [4.69, 9.17) is 4.74 Å². The van der Waals surface area contributed by atoms with Gasteiger partial charge >= 0.3 is 6.61 Å². The van der Waals surface area contributed by atoms with Crippen molar-refractivity contribution in [1.82, 2.24) is 4.90 Å². The highest BCUT2D eigenvalue weighted by molar-refractivity contribution is 5.95. The van der Waals surface area contributed by atoms with Gasteiger partial charge in [-0.3, -0.25) is 4.79 Å². The molecule has 0 aliphatic heterocycles. The normalized spacial score (nSPS) is 13.6. The van der Waals surface area contributed by atoms with Gasteiger partial charge in [0.25, 0.3) is 5.91 Å². The number of aryl methyl sites for hydroxylation is 1. The number of ether oxygens (including phenoxy) is 2. The van der Waals surface area contributed by atoms with Crippen LogP contribution in [0.1, 0.15) is 34.3 Å². The van der Waals surface area contributed by atoms with E-state index in [2.05, 4.69) is 4.74 Å². The molecule has 2 aromatic rings. The van der Waals surface area contributed by atoms with Crippen molar-refractivity contribution in [3.05, 3.63) is 59.2 Å². The molecule has 138 valence electrons. The number of rotatable bonds is 7. The number of halogens is 2. The minimum atomic E-state index is -2.99. The summed E-state index contributed by atoms with van der Waals surface area (Å²) in [4.78, 5) is 14.8. The maximum atomic E-state index is 13.0. The maximum Gasteiger partial charge on any atom is 0.387 e. The van der Waals surface area contributed by atoms with E-state index >= 15 is 0 Å². The van der Waals surface area contributed by atoms with E-state index in [1.807, 2.05) is 31.2 Å². The molecule has 0 aromatic heterocycles. The van der Waals surface area contributed by atoms with Crippen LogP contribution in [0, 0.1) is 6.92 Å². The summed E-state index contributed by atoms with van der Waals surface area (Å²) in [6, 6.07) is 12.5. The molecule has 6 heteroatoms. The Hall–Kier alpha value is -2.63. The molecule has 0 bridgehead atoms. The van der Waals surface area contributed by atoms with Gasteiger partial charge in [0, 0.05) is 18.2 Å². The predicted octanol–water partition coefficient (Wildman–Crippen LogP) is 4.41. The fraction of sp³-hybridized carbons (Fsp3) is 0.350. The molecule has 1 saturated carbocycles. The van der Waals surface area contributed by atoms with E-state index < -0.39 is 6.61 Å². The van der Waals surface area contributed by atoms with Gasteiger partial charge in [-0.05, 0) is 43.5 Å². The Balaban J connectivity index is 1.85. The Morgan fingerprint density at radius 3 is 2.58 bits per heavy atom. The number of nitrogens with zero attached hydrogens (tertiary/aromatic N) is 1. The van der Waals surface area contributed by atoms with E-state index in [1.54, 1.807) is 11.0 Å². The van der Waals surface area contributed by atoms with Crippen LogP contribution in [0.3, 0.4) is 0 Å². The smallest absolute Gasteiger partial charge is 0.387 e. The lowest BCUT2D eigenvalue weighted by molar-refractivity contribution is -0.0512. The monoisotopic (exact) mass is 361 g/mol. The third kappa shape index (κ3) is 4.31. The summed E-state index contributed by atoms with van der Waals surface area (Å²) in [6.45, 7) is -0.493. The third-order valence-electron chi connectivity index (χ3n) is 4.31. The van der Waals surface area contributed by atoms with Crippen molar-refractivity contribution in [3.63, 3.8) is 0 Å². The number of amides is 1. The summed E-state index contributed by atoms with van der Waals surface area (Å²) in [5.41, 5.74) is 2.48. The second kappa shape index (κ2) is 7.72. The summed E-state index contributed by atoms with van der Waals surface area (Å²) in [6.07, 6.45) is 1.90. The number of carbonyl (C=O) groups excluding carboxylic acids is 1. The van der Waals surface area contributed by atoms with Crippen molar-refractivity contribution >= 4 is 5.91 Å². The Bertz CT molecular complexity index is 790. The molecule has 1 amide bonds. The summed E-state index contributed by atoms with van der Waals surface area (Å²) < 4.78 is 34.8. The van der Waals surface area contributed by atoms with Crippen LogP contribution in [-0.2, 0) is 6.54 Å². The highest BCUT2D eigenvalue weighted by atomic mass is 19.3. The zero-order valence-electron chi connectivity index (χ0n) is 14.7. The maximum absolute atomic E-state index is 13.0. The first-order valence-corrected chi connectivity index (χ1v) is 8.47.